The molecule has 0 unspecified atom stereocenters. The molecule has 1 heterocycles. The van der Waals surface area contributed by atoms with E-state index in [0.29, 0.717) is 22.8 Å². The molecular formula is C15H18F2N2S. The zero-order valence-corrected chi connectivity index (χ0v) is 12.3. The van der Waals surface area contributed by atoms with Crippen molar-refractivity contribution in [2.75, 3.05) is 0 Å². The first-order valence-electron chi connectivity index (χ1n) is 7.12. The topological polar surface area (TPSA) is 20.7 Å². The summed E-state index contributed by atoms with van der Waals surface area (Å²) < 4.78 is 29.7. The SMILES string of the molecule is CC1CCC(Cn2c(=S)[nH]c3ccc(F)c(F)c32)CC1. The molecule has 1 N–H and O–H groups in total. The molecule has 1 fully saturated rings. The maximum Gasteiger partial charge on any atom is 0.184 e. The van der Waals surface area contributed by atoms with Crippen LogP contribution >= 0.6 is 12.2 Å². The molecule has 0 saturated heterocycles. The largest absolute Gasteiger partial charge is 0.330 e. The number of hydrogen-bond donors (Lipinski definition) is 1. The summed E-state index contributed by atoms with van der Waals surface area (Å²) in [7, 11) is 0. The Balaban J connectivity index is 1.97. The Bertz CT molecular complexity index is 681. The highest BCUT2D eigenvalue weighted by Crippen LogP contribution is 2.31. The summed E-state index contributed by atoms with van der Waals surface area (Å²) in [6.07, 6.45) is 4.67. The van der Waals surface area contributed by atoms with Gasteiger partial charge in [-0.2, -0.15) is 0 Å². The van der Waals surface area contributed by atoms with Gasteiger partial charge in [-0.05, 0) is 49.0 Å². The van der Waals surface area contributed by atoms with Crippen LogP contribution in [0.4, 0.5) is 8.78 Å². The molecule has 0 aliphatic heterocycles. The molecule has 5 heteroatoms. The highest BCUT2D eigenvalue weighted by Gasteiger charge is 2.21. The van der Waals surface area contributed by atoms with Gasteiger partial charge in [0, 0.05) is 6.54 Å². The lowest BCUT2D eigenvalue weighted by atomic mass is 9.83. The van der Waals surface area contributed by atoms with E-state index in [0.717, 1.165) is 24.8 Å². The van der Waals surface area contributed by atoms with Crippen molar-refractivity contribution in [1.82, 2.24) is 9.55 Å². The summed E-state index contributed by atoms with van der Waals surface area (Å²) in [6.45, 7) is 2.94. The monoisotopic (exact) mass is 296 g/mol. The number of halogens is 2. The Kier molecular flexibility index (Phi) is 3.63. The zero-order chi connectivity index (χ0) is 14.3. The van der Waals surface area contributed by atoms with Crippen LogP contribution in [0.25, 0.3) is 11.0 Å². The van der Waals surface area contributed by atoms with Crippen LogP contribution in [0.5, 0.6) is 0 Å². The number of fused-ring (bicyclic) bond motifs is 1. The van der Waals surface area contributed by atoms with Crippen molar-refractivity contribution >= 4 is 23.3 Å². The highest BCUT2D eigenvalue weighted by molar-refractivity contribution is 7.71. The van der Waals surface area contributed by atoms with Gasteiger partial charge in [0.05, 0.1) is 5.52 Å². The van der Waals surface area contributed by atoms with Gasteiger partial charge in [-0.3, -0.25) is 0 Å². The van der Waals surface area contributed by atoms with Gasteiger partial charge in [0.25, 0.3) is 0 Å². The molecule has 0 spiro atoms. The van der Waals surface area contributed by atoms with E-state index in [-0.39, 0.29) is 5.52 Å². The molecule has 1 aromatic carbocycles. The maximum atomic E-state index is 14.0. The average Bonchev–Trinajstić information content (AvgIpc) is 2.74. The van der Waals surface area contributed by atoms with E-state index in [2.05, 4.69) is 11.9 Å². The van der Waals surface area contributed by atoms with Crippen molar-refractivity contribution in [2.24, 2.45) is 11.8 Å². The molecule has 20 heavy (non-hydrogen) atoms. The second kappa shape index (κ2) is 5.28. The number of aromatic amines is 1. The van der Waals surface area contributed by atoms with Crippen LogP contribution < -0.4 is 0 Å². The number of nitrogens with zero attached hydrogens (tertiary/aromatic N) is 1. The Hall–Kier alpha value is -1.23. The first kappa shape index (κ1) is 13.7. The van der Waals surface area contributed by atoms with Gasteiger partial charge >= 0.3 is 0 Å². The molecule has 1 saturated carbocycles. The van der Waals surface area contributed by atoms with Crippen LogP contribution in [0.3, 0.4) is 0 Å². The van der Waals surface area contributed by atoms with Crippen LogP contribution in [0.1, 0.15) is 32.6 Å². The van der Waals surface area contributed by atoms with E-state index in [4.69, 9.17) is 12.2 Å². The summed E-state index contributed by atoms with van der Waals surface area (Å²) >= 11 is 5.27. The second-order valence-corrected chi connectivity index (χ2v) is 6.31. The van der Waals surface area contributed by atoms with Gasteiger partial charge < -0.3 is 9.55 Å². The average molecular weight is 296 g/mol. The van der Waals surface area contributed by atoms with Gasteiger partial charge in [0.15, 0.2) is 16.4 Å². The van der Waals surface area contributed by atoms with Crippen molar-refractivity contribution < 1.29 is 8.78 Å². The Morgan fingerprint density at radius 3 is 2.65 bits per heavy atom. The molecule has 0 bridgehead atoms. The van der Waals surface area contributed by atoms with Crippen molar-refractivity contribution in [3.8, 4) is 0 Å². The summed E-state index contributed by atoms with van der Waals surface area (Å²) in [5.74, 6) is -0.354. The molecule has 0 radical (unpaired) electrons. The molecule has 0 amide bonds. The number of benzene rings is 1. The van der Waals surface area contributed by atoms with Gasteiger partial charge in [-0.15, -0.1) is 0 Å². The smallest absolute Gasteiger partial charge is 0.184 e. The third kappa shape index (κ3) is 2.39. The Labute approximate surface area is 121 Å². The summed E-state index contributed by atoms with van der Waals surface area (Å²) in [4.78, 5) is 2.96. The fourth-order valence-electron chi connectivity index (χ4n) is 3.13. The molecule has 1 aliphatic carbocycles. The fourth-order valence-corrected chi connectivity index (χ4v) is 3.41. The number of imidazole rings is 1. The number of rotatable bonds is 2. The third-order valence-corrected chi connectivity index (χ3v) is 4.72. The molecule has 108 valence electrons. The second-order valence-electron chi connectivity index (χ2n) is 5.92. The molecule has 2 aromatic rings. The first-order chi connectivity index (χ1) is 9.56. The van der Waals surface area contributed by atoms with Crippen molar-refractivity contribution in [3.63, 3.8) is 0 Å². The van der Waals surface area contributed by atoms with Crippen LogP contribution in [0.2, 0.25) is 0 Å². The number of nitrogens with one attached hydrogen (secondary N) is 1. The quantitative estimate of drug-likeness (QED) is 0.789. The predicted octanol–water partition coefficient (Wildman–Crippen LogP) is 4.80. The Morgan fingerprint density at radius 1 is 1.25 bits per heavy atom. The first-order valence-corrected chi connectivity index (χ1v) is 7.53. The minimum absolute atomic E-state index is 0.272. The highest BCUT2D eigenvalue weighted by atomic mass is 32.1. The van der Waals surface area contributed by atoms with E-state index in [1.807, 2.05) is 0 Å². The van der Waals surface area contributed by atoms with Gasteiger partial charge in [0.2, 0.25) is 0 Å². The van der Waals surface area contributed by atoms with E-state index >= 15 is 0 Å². The number of H-pyrrole nitrogens is 1. The lowest BCUT2D eigenvalue weighted by Crippen LogP contribution is -2.18. The van der Waals surface area contributed by atoms with E-state index in [9.17, 15) is 8.78 Å². The van der Waals surface area contributed by atoms with Crippen LogP contribution in [-0.2, 0) is 6.54 Å². The van der Waals surface area contributed by atoms with Gasteiger partial charge in [-0.1, -0.05) is 19.8 Å². The Morgan fingerprint density at radius 2 is 1.95 bits per heavy atom. The molecule has 2 nitrogen and oxygen atoms in total. The van der Waals surface area contributed by atoms with E-state index in [1.54, 1.807) is 10.6 Å². The molecular weight excluding hydrogens is 278 g/mol. The fraction of sp³-hybridized carbons (Fsp3) is 0.533. The summed E-state index contributed by atoms with van der Waals surface area (Å²) in [5, 5.41) is 0. The molecule has 3 rings (SSSR count). The predicted molar refractivity (Wildman–Crippen MR) is 78.2 cm³/mol. The van der Waals surface area contributed by atoms with Crippen molar-refractivity contribution in [1.29, 1.82) is 0 Å². The number of hydrogen-bond acceptors (Lipinski definition) is 1. The van der Waals surface area contributed by atoms with E-state index in [1.165, 1.54) is 12.8 Å². The minimum Gasteiger partial charge on any atom is -0.330 e. The van der Waals surface area contributed by atoms with Crippen molar-refractivity contribution in [2.45, 2.75) is 39.2 Å². The maximum absolute atomic E-state index is 14.0. The summed E-state index contributed by atoms with van der Waals surface area (Å²) in [6, 6.07) is 2.68. The minimum atomic E-state index is -0.822. The lowest BCUT2D eigenvalue weighted by Gasteiger charge is -2.26. The van der Waals surface area contributed by atoms with Gasteiger partial charge in [0.1, 0.15) is 5.52 Å². The summed E-state index contributed by atoms with van der Waals surface area (Å²) in [5.41, 5.74) is 0.840. The van der Waals surface area contributed by atoms with Gasteiger partial charge in [-0.25, -0.2) is 8.78 Å². The molecule has 1 aliphatic rings. The zero-order valence-electron chi connectivity index (χ0n) is 11.5. The molecule has 0 atom stereocenters. The van der Waals surface area contributed by atoms with E-state index < -0.39 is 11.6 Å². The lowest BCUT2D eigenvalue weighted by molar-refractivity contribution is 0.265. The third-order valence-electron chi connectivity index (χ3n) is 4.40. The normalized spacial score (nSPS) is 23.4. The van der Waals surface area contributed by atoms with Crippen molar-refractivity contribution in [3.05, 3.63) is 28.5 Å². The molecule has 1 aromatic heterocycles. The van der Waals surface area contributed by atoms with Crippen LogP contribution in [0, 0.1) is 28.2 Å². The van der Waals surface area contributed by atoms with Crippen LogP contribution in [-0.4, -0.2) is 9.55 Å². The van der Waals surface area contributed by atoms with Crippen LogP contribution in [0.15, 0.2) is 12.1 Å². The number of aromatic nitrogens is 2. The standard InChI is InChI=1S/C15H18F2N2S/c1-9-2-4-10(5-3-9)8-19-14-12(18-15(19)20)7-6-11(16)13(14)17/h6-7,9-10H,2-5,8H2,1H3,(H,18,20).